The van der Waals surface area contributed by atoms with Crippen LogP contribution in [0.3, 0.4) is 0 Å². The Kier molecular flexibility index (Phi) is 6.17. The van der Waals surface area contributed by atoms with Crippen molar-refractivity contribution >= 4 is 11.0 Å². The second kappa shape index (κ2) is 8.13. The van der Waals surface area contributed by atoms with Gasteiger partial charge >= 0.3 is 0 Å². The number of aromatic nitrogens is 2. The Balaban J connectivity index is 2.17. The van der Waals surface area contributed by atoms with Crippen molar-refractivity contribution < 1.29 is 4.39 Å². The van der Waals surface area contributed by atoms with Gasteiger partial charge in [0.1, 0.15) is 12.3 Å². The normalized spacial score (nSPS) is 13.8. The number of alkyl halides is 1. The summed E-state index contributed by atoms with van der Waals surface area (Å²) in [7, 11) is 1.93. The Morgan fingerprint density at radius 1 is 1.52 bits per heavy atom. The molecule has 0 spiro atoms. The van der Waals surface area contributed by atoms with Gasteiger partial charge in [-0.1, -0.05) is 25.5 Å². The van der Waals surface area contributed by atoms with E-state index in [4.69, 9.17) is 0 Å². The first kappa shape index (κ1) is 19.0. The van der Waals surface area contributed by atoms with Crippen LogP contribution < -0.4 is 0 Å². The summed E-state index contributed by atoms with van der Waals surface area (Å²) < 4.78 is 12.6. The minimum atomic E-state index is -0.353. The molecule has 0 aliphatic heterocycles. The predicted octanol–water partition coefficient (Wildman–Crippen LogP) is 4.41. The molecular weight excluding hydrogens is 313 g/mol. The van der Waals surface area contributed by atoms with Crippen LogP contribution in [0.2, 0.25) is 0 Å². The zero-order chi connectivity index (χ0) is 18.4. The minimum Gasteiger partial charge on any atom is -0.333 e. The first-order valence-electron chi connectivity index (χ1n) is 8.52. The van der Waals surface area contributed by atoms with Gasteiger partial charge in [-0.15, -0.1) is 0 Å². The van der Waals surface area contributed by atoms with Crippen LogP contribution in [0.5, 0.6) is 0 Å². The number of allylic oxidation sites excluding steroid dienone is 2. The Bertz CT molecular complexity index is 838. The van der Waals surface area contributed by atoms with Crippen molar-refractivity contribution in [1.82, 2.24) is 14.9 Å². The molecule has 1 unspecified atom stereocenters. The van der Waals surface area contributed by atoms with E-state index < -0.39 is 0 Å². The summed E-state index contributed by atoms with van der Waals surface area (Å²) in [4.78, 5) is 9.56. The quantitative estimate of drug-likeness (QED) is 0.625. The number of nitrogens with zero attached hydrogens (tertiary/aromatic N) is 2. The highest BCUT2D eigenvalue weighted by Crippen LogP contribution is 2.21. The maximum atomic E-state index is 12.6. The summed E-state index contributed by atoms with van der Waals surface area (Å²) >= 11 is 0. The molecule has 0 fully saturated rings. The number of aryl methyl sites for hydroxylation is 1. The average molecular weight is 339 g/mol. The Labute approximate surface area is 149 Å². The van der Waals surface area contributed by atoms with Crippen molar-refractivity contribution in [2.75, 3.05) is 20.3 Å². The van der Waals surface area contributed by atoms with E-state index in [0.29, 0.717) is 6.54 Å². The molecule has 2 aromatic heterocycles. The minimum absolute atomic E-state index is 0.211. The fourth-order valence-corrected chi connectivity index (χ4v) is 2.64. The average Bonchev–Trinajstić information content (AvgIpc) is 2.94. The van der Waals surface area contributed by atoms with E-state index in [1.54, 1.807) is 6.20 Å². The van der Waals surface area contributed by atoms with Crippen LogP contribution in [-0.4, -0.2) is 40.7 Å². The zero-order valence-electron chi connectivity index (χ0n) is 15.5. The molecular formula is C21H26FN3. The van der Waals surface area contributed by atoms with E-state index in [1.807, 2.05) is 37.1 Å². The fraction of sp³-hybridized carbons (Fsp3) is 0.381. The van der Waals surface area contributed by atoms with E-state index in [-0.39, 0.29) is 12.2 Å². The number of hydrogen-bond donors (Lipinski definition) is 1. The van der Waals surface area contributed by atoms with Crippen molar-refractivity contribution in [2.45, 2.75) is 32.7 Å². The molecule has 3 nitrogen and oxygen atoms in total. The number of halogens is 1. The number of aromatic amines is 1. The lowest BCUT2D eigenvalue weighted by atomic mass is 9.95. The fourth-order valence-electron chi connectivity index (χ4n) is 2.64. The molecule has 1 N–H and O–H groups in total. The van der Waals surface area contributed by atoms with Gasteiger partial charge in [-0.25, -0.2) is 9.37 Å². The highest BCUT2D eigenvalue weighted by Gasteiger charge is 2.23. The van der Waals surface area contributed by atoms with Gasteiger partial charge < -0.3 is 4.98 Å². The topological polar surface area (TPSA) is 31.9 Å². The molecule has 2 rings (SSSR count). The molecule has 25 heavy (non-hydrogen) atoms. The van der Waals surface area contributed by atoms with E-state index in [1.165, 1.54) is 0 Å². The van der Waals surface area contributed by atoms with Gasteiger partial charge in [0.25, 0.3) is 0 Å². The van der Waals surface area contributed by atoms with Crippen molar-refractivity contribution in [3.63, 3.8) is 0 Å². The second-order valence-electron chi connectivity index (χ2n) is 6.45. The second-order valence-corrected chi connectivity index (χ2v) is 6.45. The van der Waals surface area contributed by atoms with Crippen LogP contribution in [-0.2, 0) is 0 Å². The number of pyridine rings is 1. The Morgan fingerprint density at radius 2 is 2.28 bits per heavy atom. The molecule has 0 aliphatic carbocycles. The van der Waals surface area contributed by atoms with E-state index in [0.717, 1.165) is 34.3 Å². The van der Waals surface area contributed by atoms with Gasteiger partial charge in [-0.3, -0.25) is 4.90 Å². The number of H-pyrrole nitrogens is 1. The maximum Gasteiger partial charge on any atom is 0.138 e. The molecule has 4 heteroatoms. The van der Waals surface area contributed by atoms with E-state index in [2.05, 4.69) is 48.3 Å². The Hall–Kier alpha value is -2.38. The molecule has 0 aliphatic rings. The van der Waals surface area contributed by atoms with Crippen molar-refractivity contribution in [3.05, 3.63) is 53.9 Å². The third-order valence-corrected chi connectivity index (χ3v) is 4.83. The first-order chi connectivity index (χ1) is 11.9. The molecule has 0 saturated carbocycles. The van der Waals surface area contributed by atoms with Crippen molar-refractivity contribution in [1.29, 1.82) is 0 Å². The van der Waals surface area contributed by atoms with Crippen LogP contribution >= 0.6 is 0 Å². The summed E-state index contributed by atoms with van der Waals surface area (Å²) in [5, 5.41) is 1.08. The maximum absolute atomic E-state index is 12.6. The summed E-state index contributed by atoms with van der Waals surface area (Å²) in [6.45, 7) is 10.3. The number of nitrogens with one attached hydrogen (secondary N) is 1. The summed E-state index contributed by atoms with van der Waals surface area (Å²) in [6.07, 6.45) is 6.62. The lowest BCUT2D eigenvalue weighted by Gasteiger charge is -2.35. The summed E-state index contributed by atoms with van der Waals surface area (Å²) in [6, 6.07) is 3.95. The van der Waals surface area contributed by atoms with Crippen LogP contribution in [0.15, 0.2) is 42.6 Å². The first-order valence-corrected chi connectivity index (χ1v) is 8.52. The smallest absolute Gasteiger partial charge is 0.138 e. The predicted molar refractivity (Wildman–Crippen MR) is 103 cm³/mol. The molecule has 132 valence electrons. The lowest BCUT2D eigenvalue weighted by molar-refractivity contribution is 0.167. The van der Waals surface area contributed by atoms with Gasteiger partial charge in [0.2, 0.25) is 0 Å². The molecule has 0 saturated heterocycles. The highest BCUT2D eigenvalue weighted by molar-refractivity contribution is 5.82. The number of likely N-dealkylation sites (N-methyl/N-ethyl adjacent to an activating group) is 1. The molecule has 0 bridgehead atoms. The number of fused-ring (bicyclic) bond motifs is 1. The van der Waals surface area contributed by atoms with E-state index >= 15 is 0 Å². The molecule has 2 aromatic rings. The molecule has 2 heterocycles. The van der Waals surface area contributed by atoms with Gasteiger partial charge in [0.05, 0.1) is 5.69 Å². The van der Waals surface area contributed by atoms with Crippen LogP contribution in [0.25, 0.3) is 11.0 Å². The van der Waals surface area contributed by atoms with Crippen molar-refractivity contribution in [2.24, 2.45) is 0 Å². The van der Waals surface area contributed by atoms with Gasteiger partial charge in [0, 0.05) is 29.2 Å². The van der Waals surface area contributed by atoms with Crippen molar-refractivity contribution in [3.8, 4) is 11.8 Å². The summed E-state index contributed by atoms with van der Waals surface area (Å²) in [5.41, 5.74) is 3.30. The standard InChI is InChI=1S/C21H26FN3/c1-6-21(4,25(5)15-13-22)12-11-16(2)9-10-19-17(3)18-8-7-14-23-20(18)24-19/h7-8,11-12,14H,2,6,13,15H2,1,3-5H3,(H,23,24)/b12-11-. The van der Waals surface area contributed by atoms with Crippen LogP contribution in [0.1, 0.15) is 31.5 Å². The summed E-state index contributed by atoms with van der Waals surface area (Å²) in [5.74, 6) is 6.23. The SMILES string of the molecule is C=C(C#Cc1[nH]c2ncccc2c1C)/C=C\C(C)(CC)N(C)CCF. The molecule has 0 amide bonds. The Morgan fingerprint density at radius 3 is 2.92 bits per heavy atom. The van der Waals surface area contributed by atoms with Crippen LogP contribution in [0, 0.1) is 18.8 Å². The number of rotatable bonds is 6. The number of hydrogen-bond acceptors (Lipinski definition) is 2. The molecule has 1 atom stereocenters. The monoisotopic (exact) mass is 339 g/mol. The third kappa shape index (κ3) is 4.37. The van der Waals surface area contributed by atoms with Crippen LogP contribution in [0.4, 0.5) is 4.39 Å². The van der Waals surface area contributed by atoms with Gasteiger partial charge in [0.15, 0.2) is 0 Å². The van der Waals surface area contributed by atoms with Gasteiger partial charge in [-0.05, 0) is 57.0 Å². The highest BCUT2D eigenvalue weighted by atomic mass is 19.1. The van der Waals surface area contributed by atoms with Gasteiger partial charge in [-0.2, -0.15) is 0 Å². The third-order valence-electron chi connectivity index (χ3n) is 4.83. The zero-order valence-corrected chi connectivity index (χ0v) is 15.5. The van der Waals surface area contributed by atoms with E-state index in [9.17, 15) is 4.39 Å². The molecule has 0 radical (unpaired) electrons. The lowest BCUT2D eigenvalue weighted by Crippen LogP contribution is -2.42. The largest absolute Gasteiger partial charge is 0.333 e. The molecule has 0 aromatic carbocycles.